The molecule has 0 spiro atoms. The number of amides is 1. The number of aromatic nitrogens is 2. The summed E-state index contributed by atoms with van der Waals surface area (Å²) in [7, 11) is 0. The number of rotatable bonds is 14. The topological polar surface area (TPSA) is 118 Å². The lowest BCUT2D eigenvalue weighted by Gasteiger charge is -2.22. The molecule has 1 amide bonds. The number of aliphatic hydroxyl groups excluding tert-OH is 1. The van der Waals surface area contributed by atoms with Crippen molar-refractivity contribution in [2.75, 3.05) is 6.61 Å². The Kier molecular flexibility index (Phi) is 11.1. The number of aliphatic hydroxyl groups is 2. The second kappa shape index (κ2) is 14.9. The van der Waals surface area contributed by atoms with Crippen molar-refractivity contribution in [3.05, 3.63) is 89.5 Å². The van der Waals surface area contributed by atoms with Crippen LogP contribution in [0.3, 0.4) is 0 Å². The summed E-state index contributed by atoms with van der Waals surface area (Å²) >= 11 is 0. The third kappa shape index (κ3) is 9.24. The molecule has 1 aromatic heterocycles. The summed E-state index contributed by atoms with van der Waals surface area (Å²) in [6.07, 6.45) is 4.50. The van der Waals surface area contributed by atoms with Crippen molar-refractivity contribution in [1.29, 1.82) is 0 Å². The van der Waals surface area contributed by atoms with Gasteiger partial charge in [-0.05, 0) is 65.8 Å². The van der Waals surface area contributed by atoms with E-state index in [1.807, 2.05) is 60.7 Å². The number of benzene rings is 3. The maximum absolute atomic E-state index is 12.8. The fraction of sp³-hybridized carbons (Fsp3) is 0.400. The average molecular weight is 586 g/mol. The molecule has 43 heavy (non-hydrogen) atoms. The quantitative estimate of drug-likeness (QED) is 0.111. The lowest BCUT2D eigenvalue weighted by Crippen LogP contribution is -2.44. The standard InChI is InChI=1S/C35H43N3O5/c1-5-6-7-8-9-22-42-29-20-16-27(17-21-29)33-37-31(38-43-33)25-12-10-24(11-13-25)23-30(34(40)41)36-32(39)26-14-18-28(19-15-26)35(2,3)4/h10-21,30,34,40-41H,5-9,22-23H2,1-4H3,(H,36,39). The van der Waals surface area contributed by atoms with Crippen LogP contribution in [0.2, 0.25) is 0 Å². The van der Waals surface area contributed by atoms with E-state index in [0.717, 1.165) is 34.4 Å². The average Bonchev–Trinajstić information content (AvgIpc) is 3.49. The molecule has 4 rings (SSSR count). The summed E-state index contributed by atoms with van der Waals surface area (Å²) in [6, 6.07) is 21.5. The Morgan fingerprint density at radius 3 is 2.16 bits per heavy atom. The van der Waals surface area contributed by atoms with E-state index in [0.29, 0.717) is 23.9 Å². The maximum atomic E-state index is 12.8. The summed E-state index contributed by atoms with van der Waals surface area (Å²) in [5.74, 6) is 1.30. The van der Waals surface area contributed by atoms with Crippen molar-refractivity contribution < 1.29 is 24.3 Å². The van der Waals surface area contributed by atoms with Gasteiger partial charge in [-0.25, -0.2) is 0 Å². The number of unbranched alkanes of at least 4 members (excludes halogenated alkanes) is 4. The monoisotopic (exact) mass is 585 g/mol. The highest BCUT2D eigenvalue weighted by Gasteiger charge is 2.22. The molecule has 8 heteroatoms. The van der Waals surface area contributed by atoms with Gasteiger partial charge in [0.1, 0.15) is 5.75 Å². The molecule has 0 aliphatic heterocycles. The highest BCUT2D eigenvalue weighted by atomic mass is 16.5. The largest absolute Gasteiger partial charge is 0.494 e. The Bertz CT molecular complexity index is 1420. The van der Waals surface area contributed by atoms with Gasteiger partial charge in [0.2, 0.25) is 5.82 Å². The molecule has 0 saturated heterocycles. The van der Waals surface area contributed by atoms with E-state index in [1.165, 1.54) is 25.7 Å². The third-order valence-corrected chi connectivity index (χ3v) is 7.40. The minimum atomic E-state index is -1.72. The van der Waals surface area contributed by atoms with Crippen LogP contribution < -0.4 is 10.1 Å². The van der Waals surface area contributed by atoms with Crippen LogP contribution in [0.25, 0.3) is 22.8 Å². The third-order valence-electron chi connectivity index (χ3n) is 7.40. The molecule has 0 saturated carbocycles. The van der Waals surface area contributed by atoms with E-state index in [1.54, 1.807) is 12.1 Å². The number of hydrogen-bond acceptors (Lipinski definition) is 7. The summed E-state index contributed by atoms with van der Waals surface area (Å²) in [4.78, 5) is 17.4. The van der Waals surface area contributed by atoms with Gasteiger partial charge in [0.15, 0.2) is 6.29 Å². The molecule has 0 aliphatic rings. The van der Waals surface area contributed by atoms with Crippen LogP contribution in [0.15, 0.2) is 77.3 Å². The zero-order valence-corrected chi connectivity index (χ0v) is 25.5. The second-order valence-corrected chi connectivity index (χ2v) is 11.9. The number of carbonyl (C=O) groups excluding carboxylic acids is 1. The van der Waals surface area contributed by atoms with Gasteiger partial charge in [-0.15, -0.1) is 0 Å². The molecule has 4 aromatic rings. The summed E-state index contributed by atoms with van der Waals surface area (Å²) < 4.78 is 11.3. The van der Waals surface area contributed by atoms with Gasteiger partial charge in [0.05, 0.1) is 12.6 Å². The summed E-state index contributed by atoms with van der Waals surface area (Å²) in [5, 5.41) is 26.8. The molecule has 0 aliphatic carbocycles. The Morgan fingerprint density at radius 1 is 0.884 bits per heavy atom. The van der Waals surface area contributed by atoms with Gasteiger partial charge in [0, 0.05) is 16.7 Å². The van der Waals surface area contributed by atoms with Crippen molar-refractivity contribution in [2.45, 2.75) is 84.0 Å². The molecular weight excluding hydrogens is 542 g/mol. The molecule has 1 heterocycles. The first-order valence-corrected chi connectivity index (χ1v) is 15.1. The number of nitrogens with zero attached hydrogens (tertiary/aromatic N) is 2. The predicted octanol–water partition coefficient (Wildman–Crippen LogP) is 6.70. The van der Waals surface area contributed by atoms with Crippen LogP contribution in [0.5, 0.6) is 5.75 Å². The Morgan fingerprint density at radius 2 is 1.53 bits per heavy atom. The van der Waals surface area contributed by atoms with Gasteiger partial charge in [0.25, 0.3) is 11.8 Å². The molecule has 8 nitrogen and oxygen atoms in total. The van der Waals surface area contributed by atoms with Gasteiger partial charge in [-0.1, -0.05) is 94.9 Å². The van der Waals surface area contributed by atoms with E-state index in [4.69, 9.17) is 9.26 Å². The van der Waals surface area contributed by atoms with Crippen LogP contribution in [0.1, 0.15) is 81.3 Å². The molecule has 1 atom stereocenters. The fourth-order valence-electron chi connectivity index (χ4n) is 4.70. The van der Waals surface area contributed by atoms with Crippen molar-refractivity contribution in [2.24, 2.45) is 0 Å². The van der Waals surface area contributed by atoms with Gasteiger partial charge in [-0.3, -0.25) is 4.79 Å². The Balaban J connectivity index is 1.33. The molecule has 228 valence electrons. The Hall–Kier alpha value is -4.01. The van der Waals surface area contributed by atoms with E-state index < -0.39 is 12.3 Å². The molecule has 0 bridgehead atoms. The maximum Gasteiger partial charge on any atom is 0.258 e. The van der Waals surface area contributed by atoms with Crippen molar-refractivity contribution in [3.8, 4) is 28.6 Å². The van der Waals surface area contributed by atoms with Crippen LogP contribution in [-0.2, 0) is 11.8 Å². The highest BCUT2D eigenvalue weighted by molar-refractivity contribution is 5.94. The molecule has 3 N–H and O–H groups in total. The minimum Gasteiger partial charge on any atom is -0.494 e. The zero-order valence-electron chi connectivity index (χ0n) is 25.5. The minimum absolute atomic E-state index is 0.0260. The lowest BCUT2D eigenvalue weighted by atomic mass is 9.86. The number of ether oxygens (including phenoxy) is 1. The van der Waals surface area contributed by atoms with E-state index in [2.05, 4.69) is 43.2 Å². The van der Waals surface area contributed by atoms with Crippen LogP contribution in [0, 0.1) is 0 Å². The lowest BCUT2D eigenvalue weighted by molar-refractivity contribution is -0.0647. The molecule has 0 fully saturated rings. The highest BCUT2D eigenvalue weighted by Crippen LogP contribution is 2.25. The molecular formula is C35H43N3O5. The first-order valence-electron chi connectivity index (χ1n) is 15.1. The normalized spacial score (nSPS) is 12.3. The van der Waals surface area contributed by atoms with E-state index in [9.17, 15) is 15.0 Å². The number of carbonyl (C=O) groups is 1. The van der Waals surface area contributed by atoms with Gasteiger partial charge < -0.3 is 24.8 Å². The molecule has 1 unspecified atom stereocenters. The van der Waals surface area contributed by atoms with Gasteiger partial charge >= 0.3 is 0 Å². The Labute approximate surface area is 254 Å². The van der Waals surface area contributed by atoms with Crippen molar-refractivity contribution in [1.82, 2.24) is 15.5 Å². The van der Waals surface area contributed by atoms with E-state index >= 15 is 0 Å². The SMILES string of the molecule is CCCCCCCOc1ccc(-c2nc(-c3ccc(CC(NC(=O)c4ccc(C(C)(C)C)cc4)C(O)O)cc3)no2)cc1. The zero-order chi connectivity index (χ0) is 30.8. The smallest absolute Gasteiger partial charge is 0.258 e. The van der Waals surface area contributed by atoms with Crippen molar-refractivity contribution >= 4 is 5.91 Å². The van der Waals surface area contributed by atoms with Crippen LogP contribution in [0.4, 0.5) is 0 Å². The first kappa shape index (κ1) is 31.9. The predicted molar refractivity (Wildman–Crippen MR) is 168 cm³/mol. The number of nitrogens with one attached hydrogen (secondary N) is 1. The summed E-state index contributed by atoms with van der Waals surface area (Å²) in [5.41, 5.74) is 3.92. The number of hydrogen-bond donors (Lipinski definition) is 3. The van der Waals surface area contributed by atoms with E-state index in [-0.39, 0.29) is 17.7 Å². The summed E-state index contributed by atoms with van der Waals surface area (Å²) in [6.45, 7) is 9.23. The van der Waals surface area contributed by atoms with Gasteiger partial charge in [-0.2, -0.15) is 4.98 Å². The fourth-order valence-corrected chi connectivity index (χ4v) is 4.70. The molecule has 3 aromatic carbocycles. The van der Waals surface area contributed by atoms with Crippen molar-refractivity contribution in [3.63, 3.8) is 0 Å². The second-order valence-electron chi connectivity index (χ2n) is 11.9. The first-order chi connectivity index (χ1) is 20.6. The van der Waals surface area contributed by atoms with Crippen LogP contribution in [-0.4, -0.2) is 45.2 Å². The molecule has 0 radical (unpaired) electrons. The van der Waals surface area contributed by atoms with Crippen LogP contribution >= 0.6 is 0 Å².